The van der Waals surface area contributed by atoms with Crippen molar-refractivity contribution in [3.8, 4) is 0 Å². The molecule has 72 valence electrons. The maximum absolute atomic E-state index is 5.69. The Morgan fingerprint density at radius 1 is 1.21 bits per heavy atom. The summed E-state index contributed by atoms with van der Waals surface area (Å²) in [4.78, 5) is 7.17. The number of nitrogens with two attached hydrogens (primary N) is 2. The normalized spacial score (nSPS) is 10.3. The Kier molecular flexibility index (Phi) is 2.10. The lowest BCUT2D eigenvalue weighted by Gasteiger charge is -2.03. The summed E-state index contributed by atoms with van der Waals surface area (Å²) < 4.78 is 0. The Morgan fingerprint density at radius 3 is 2.71 bits per heavy atom. The number of nitrogens with one attached hydrogen (secondary N) is 1. The van der Waals surface area contributed by atoms with Crippen molar-refractivity contribution in [3.63, 3.8) is 0 Å². The van der Waals surface area contributed by atoms with Gasteiger partial charge < -0.3 is 16.5 Å². The maximum Gasteiger partial charge on any atom is 0.110 e. The Hall–Kier alpha value is -1.97. The van der Waals surface area contributed by atoms with E-state index in [1.807, 2.05) is 18.2 Å². The van der Waals surface area contributed by atoms with Gasteiger partial charge >= 0.3 is 0 Å². The highest BCUT2D eigenvalue weighted by Gasteiger charge is 2.00. The molecule has 0 aliphatic carbocycles. The number of hydrogen-bond acceptors (Lipinski definition) is 3. The Morgan fingerprint density at radius 2 is 2.07 bits per heavy atom. The van der Waals surface area contributed by atoms with Gasteiger partial charge in [-0.05, 0) is 17.7 Å². The first kappa shape index (κ1) is 8.62. The second kappa shape index (κ2) is 3.41. The zero-order chi connectivity index (χ0) is 9.97. The third-order valence-corrected chi connectivity index (χ3v) is 2.08. The molecule has 1 aromatic carbocycles. The van der Waals surface area contributed by atoms with E-state index in [0.717, 1.165) is 17.8 Å². The summed E-state index contributed by atoms with van der Waals surface area (Å²) in [7, 11) is 0. The van der Waals surface area contributed by atoms with E-state index in [4.69, 9.17) is 11.5 Å². The van der Waals surface area contributed by atoms with Crippen molar-refractivity contribution in [2.45, 2.75) is 6.42 Å². The van der Waals surface area contributed by atoms with Crippen LogP contribution in [-0.4, -0.2) is 9.97 Å². The average molecular weight is 188 g/mol. The number of aromatic nitrogens is 2. The molecule has 0 aliphatic heterocycles. The van der Waals surface area contributed by atoms with Crippen LogP contribution in [0, 0.1) is 0 Å². The maximum atomic E-state index is 5.69. The molecule has 0 amide bonds. The van der Waals surface area contributed by atoms with Crippen molar-refractivity contribution in [2.75, 3.05) is 11.5 Å². The fourth-order valence-electron chi connectivity index (χ4n) is 1.32. The van der Waals surface area contributed by atoms with Crippen LogP contribution in [0.5, 0.6) is 0 Å². The molecule has 14 heavy (non-hydrogen) atoms. The number of anilines is 2. The largest absolute Gasteiger partial charge is 0.397 e. The van der Waals surface area contributed by atoms with E-state index in [1.165, 1.54) is 0 Å². The number of benzene rings is 1. The number of imidazole rings is 1. The Bertz CT molecular complexity index is 420. The quantitative estimate of drug-likeness (QED) is 0.619. The highest BCUT2D eigenvalue weighted by Crippen LogP contribution is 2.17. The zero-order valence-electron chi connectivity index (χ0n) is 7.70. The summed E-state index contributed by atoms with van der Waals surface area (Å²) in [6, 6.07) is 5.64. The van der Waals surface area contributed by atoms with Gasteiger partial charge in [0.25, 0.3) is 0 Å². The monoisotopic (exact) mass is 188 g/mol. The minimum Gasteiger partial charge on any atom is -0.397 e. The molecule has 2 aromatic rings. The predicted molar refractivity (Wildman–Crippen MR) is 56.7 cm³/mol. The van der Waals surface area contributed by atoms with E-state index in [0.29, 0.717) is 11.4 Å². The molecule has 4 heteroatoms. The van der Waals surface area contributed by atoms with E-state index in [-0.39, 0.29) is 0 Å². The molecule has 5 N–H and O–H groups in total. The van der Waals surface area contributed by atoms with Gasteiger partial charge in [-0.1, -0.05) is 6.07 Å². The topological polar surface area (TPSA) is 80.7 Å². The van der Waals surface area contributed by atoms with Gasteiger partial charge in [-0.3, -0.25) is 0 Å². The molecule has 1 heterocycles. The van der Waals surface area contributed by atoms with Crippen molar-refractivity contribution < 1.29 is 0 Å². The summed E-state index contributed by atoms with van der Waals surface area (Å²) in [5.41, 5.74) is 13.6. The van der Waals surface area contributed by atoms with Gasteiger partial charge in [-0.25, -0.2) is 4.98 Å². The van der Waals surface area contributed by atoms with Crippen LogP contribution >= 0.6 is 0 Å². The number of H-pyrrole nitrogens is 1. The number of hydrogen-bond donors (Lipinski definition) is 3. The third-order valence-electron chi connectivity index (χ3n) is 2.08. The molecule has 0 saturated heterocycles. The highest BCUT2D eigenvalue weighted by atomic mass is 14.9. The first-order valence-corrected chi connectivity index (χ1v) is 4.38. The smallest absolute Gasteiger partial charge is 0.110 e. The molecule has 0 fully saturated rings. The lowest BCUT2D eigenvalue weighted by Crippen LogP contribution is -1.97. The lowest BCUT2D eigenvalue weighted by molar-refractivity contribution is 1.03. The third kappa shape index (κ3) is 1.69. The number of rotatable bonds is 2. The SMILES string of the molecule is Nc1ccc(Cc2ncc[nH]2)cc1N. The Balaban J connectivity index is 2.22. The first-order valence-electron chi connectivity index (χ1n) is 4.38. The molecule has 0 aliphatic rings. The average Bonchev–Trinajstić information content (AvgIpc) is 2.64. The van der Waals surface area contributed by atoms with Gasteiger partial charge in [0, 0.05) is 18.8 Å². The Labute approximate surface area is 82.0 Å². The fraction of sp³-hybridized carbons (Fsp3) is 0.100. The second-order valence-electron chi connectivity index (χ2n) is 3.18. The van der Waals surface area contributed by atoms with Crippen LogP contribution in [0.1, 0.15) is 11.4 Å². The van der Waals surface area contributed by atoms with Crippen molar-refractivity contribution in [2.24, 2.45) is 0 Å². The molecule has 0 radical (unpaired) electrons. The van der Waals surface area contributed by atoms with Crippen molar-refractivity contribution in [3.05, 3.63) is 42.0 Å². The lowest BCUT2D eigenvalue weighted by atomic mass is 10.1. The molecule has 0 saturated carbocycles. The van der Waals surface area contributed by atoms with Gasteiger partial charge in [-0.2, -0.15) is 0 Å². The van der Waals surface area contributed by atoms with Crippen LogP contribution in [0.3, 0.4) is 0 Å². The predicted octanol–water partition coefficient (Wildman–Crippen LogP) is 1.16. The van der Waals surface area contributed by atoms with Gasteiger partial charge in [0.15, 0.2) is 0 Å². The number of nitrogen functional groups attached to an aromatic ring is 2. The van der Waals surface area contributed by atoms with Crippen molar-refractivity contribution >= 4 is 11.4 Å². The fourth-order valence-corrected chi connectivity index (χ4v) is 1.32. The summed E-state index contributed by atoms with van der Waals surface area (Å²) in [5.74, 6) is 0.925. The van der Waals surface area contributed by atoms with Crippen LogP contribution in [0.2, 0.25) is 0 Å². The highest BCUT2D eigenvalue weighted by molar-refractivity contribution is 5.64. The van der Waals surface area contributed by atoms with Gasteiger partial charge in [0.1, 0.15) is 5.82 Å². The second-order valence-corrected chi connectivity index (χ2v) is 3.18. The van der Waals surface area contributed by atoms with Gasteiger partial charge in [-0.15, -0.1) is 0 Å². The standard InChI is InChI=1S/C10H12N4/c11-8-2-1-7(5-9(8)12)6-10-13-3-4-14-10/h1-5H,6,11-12H2,(H,13,14). The van der Waals surface area contributed by atoms with E-state index < -0.39 is 0 Å². The molecule has 0 atom stereocenters. The van der Waals surface area contributed by atoms with E-state index in [2.05, 4.69) is 9.97 Å². The van der Waals surface area contributed by atoms with E-state index >= 15 is 0 Å². The molecular formula is C10H12N4. The van der Waals surface area contributed by atoms with Crippen LogP contribution in [0.15, 0.2) is 30.6 Å². The van der Waals surface area contributed by atoms with E-state index in [1.54, 1.807) is 12.4 Å². The van der Waals surface area contributed by atoms with E-state index in [9.17, 15) is 0 Å². The van der Waals surface area contributed by atoms with Crippen molar-refractivity contribution in [1.82, 2.24) is 9.97 Å². The zero-order valence-corrected chi connectivity index (χ0v) is 7.70. The number of aromatic amines is 1. The summed E-state index contributed by atoms with van der Waals surface area (Å²) in [6.07, 6.45) is 4.28. The molecule has 2 rings (SSSR count). The molecule has 4 nitrogen and oxygen atoms in total. The molecule has 0 spiro atoms. The summed E-state index contributed by atoms with van der Waals surface area (Å²) in [6.45, 7) is 0. The van der Waals surface area contributed by atoms with Gasteiger partial charge in [0.05, 0.1) is 11.4 Å². The summed E-state index contributed by atoms with van der Waals surface area (Å²) in [5, 5.41) is 0. The molecule has 0 unspecified atom stereocenters. The van der Waals surface area contributed by atoms with Gasteiger partial charge in [0.2, 0.25) is 0 Å². The summed E-state index contributed by atoms with van der Waals surface area (Å²) >= 11 is 0. The minimum absolute atomic E-state index is 0.619. The minimum atomic E-state index is 0.619. The van der Waals surface area contributed by atoms with Crippen LogP contribution in [0.4, 0.5) is 11.4 Å². The molecule has 1 aromatic heterocycles. The first-order chi connectivity index (χ1) is 6.75. The van der Waals surface area contributed by atoms with Crippen LogP contribution in [-0.2, 0) is 6.42 Å². The molecule has 0 bridgehead atoms. The molecular weight excluding hydrogens is 176 g/mol. The van der Waals surface area contributed by atoms with Crippen molar-refractivity contribution in [1.29, 1.82) is 0 Å². The van der Waals surface area contributed by atoms with Crippen LogP contribution in [0.25, 0.3) is 0 Å². The number of nitrogens with zero attached hydrogens (tertiary/aromatic N) is 1. The van der Waals surface area contributed by atoms with Crippen LogP contribution < -0.4 is 11.5 Å².